The van der Waals surface area contributed by atoms with E-state index in [1.54, 1.807) is 11.8 Å². The van der Waals surface area contributed by atoms with Gasteiger partial charge in [-0.25, -0.2) is 0 Å². The van der Waals surface area contributed by atoms with E-state index in [9.17, 15) is 14.4 Å². The summed E-state index contributed by atoms with van der Waals surface area (Å²) < 4.78 is 5.44. The van der Waals surface area contributed by atoms with Crippen LogP contribution in [-0.4, -0.2) is 74.8 Å². The number of rotatable bonds is 5. The van der Waals surface area contributed by atoms with Crippen molar-refractivity contribution in [3.8, 4) is 11.4 Å². The molecule has 0 spiro atoms. The largest absolute Gasteiger partial charge is 0.338 e. The zero-order valence-electron chi connectivity index (χ0n) is 19.8. The highest BCUT2D eigenvalue weighted by Gasteiger charge is 2.51. The van der Waals surface area contributed by atoms with Crippen molar-refractivity contribution in [3.63, 3.8) is 0 Å². The highest BCUT2D eigenvalue weighted by Crippen LogP contribution is 2.39. The molecule has 1 aromatic heterocycles. The van der Waals surface area contributed by atoms with E-state index in [4.69, 9.17) is 4.52 Å². The number of piperazine rings is 1. The standard InChI is InChI=1S/C25H31N5O4/c1-16-7-9-18(10-8-16)22-26-21(34-27-22)15-28-11-13-29(14-12-28)23(31)17(2)30-24(32)19-5-3-4-6-20(19)25(30)33/h7-10,17,19-20H,3-6,11-15H2,1-2H3/t17-,19-,20-/m0/s1. The SMILES string of the molecule is Cc1ccc(-c2noc(CN3CCN(C(=O)[C@H](C)N4C(=O)[C@H]5CCCC[C@@H]5C4=O)CC3)n2)cc1. The first kappa shape index (κ1) is 22.7. The Hall–Kier alpha value is -3.07. The molecule has 1 aliphatic carbocycles. The third-order valence-corrected chi connectivity index (χ3v) is 7.44. The Balaban J connectivity index is 1.15. The number of hydrogen-bond acceptors (Lipinski definition) is 7. The van der Waals surface area contributed by atoms with Crippen LogP contribution >= 0.6 is 0 Å². The van der Waals surface area contributed by atoms with Gasteiger partial charge in [0.05, 0.1) is 18.4 Å². The van der Waals surface area contributed by atoms with Crippen molar-refractivity contribution in [2.75, 3.05) is 26.2 Å². The molecule has 2 saturated heterocycles. The summed E-state index contributed by atoms with van der Waals surface area (Å²) in [5.41, 5.74) is 2.09. The Morgan fingerprint density at radius 1 is 1.03 bits per heavy atom. The molecule has 3 amide bonds. The van der Waals surface area contributed by atoms with Gasteiger partial charge in [0.15, 0.2) is 0 Å². The number of amides is 3. The fourth-order valence-electron chi connectivity index (χ4n) is 5.40. The van der Waals surface area contributed by atoms with Crippen molar-refractivity contribution in [2.45, 2.75) is 52.1 Å². The van der Waals surface area contributed by atoms with Gasteiger partial charge in [-0.05, 0) is 26.7 Å². The molecule has 0 unspecified atom stereocenters. The van der Waals surface area contributed by atoms with Crippen molar-refractivity contribution < 1.29 is 18.9 Å². The average molecular weight is 466 g/mol. The van der Waals surface area contributed by atoms with Gasteiger partial charge in [-0.15, -0.1) is 0 Å². The Labute approximate surface area is 199 Å². The predicted molar refractivity (Wildman–Crippen MR) is 123 cm³/mol. The van der Waals surface area contributed by atoms with E-state index in [0.29, 0.717) is 44.4 Å². The van der Waals surface area contributed by atoms with Gasteiger partial charge in [0.1, 0.15) is 6.04 Å². The lowest BCUT2D eigenvalue weighted by molar-refractivity contribution is -0.151. The summed E-state index contributed by atoms with van der Waals surface area (Å²) in [4.78, 5) is 48.6. The van der Waals surface area contributed by atoms with Gasteiger partial charge in [0.2, 0.25) is 29.4 Å². The summed E-state index contributed by atoms with van der Waals surface area (Å²) >= 11 is 0. The van der Waals surface area contributed by atoms with E-state index in [1.807, 2.05) is 31.2 Å². The predicted octanol–water partition coefficient (Wildman–Crippen LogP) is 2.25. The lowest BCUT2D eigenvalue weighted by Crippen LogP contribution is -2.55. The van der Waals surface area contributed by atoms with Crippen LogP contribution in [0.4, 0.5) is 0 Å². The van der Waals surface area contributed by atoms with Gasteiger partial charge in [-0.2, -0.15) is 4.98 Å². The molecule has 1 aromatic carbocycles. The molecule has 9 heteroatoms. The van der Waals surface area contributed by atoms with Gasteiger partial charge in [-0.3, -0.25) is 24.2 Å². The molecular weight excluding hydrogens is 434 g/mol. The fourth-order valence-corrected chi connectivity index (χ4v) is 5.40. The first-order valence-electron chi connectivity index (χ1n) is 12.2. The number of carbonyl (C=O) groups is 3. The van der Waals surface area contributed by atoms with E-state index in [2.05, 4.69) is 15.0 Å². The minimum atomic E-state index is -0.745. The second-order valence-electron chi connectivity index (χ2n) is 9.70. The van der Waals surface area contributed by atoms with Crippen LogP contribution in [0.1, 0.15) is 44.1 Å². The highest BCUT2D eigenvalue weighted by atomic mass is 16.5. The lowest BCUT2D eigenvalue weighted by Gasteiger charge is -2.36. The summed E-state index contributed by atoms with van der Waals surface area (Å²) in [5.74, 6) is 0.183. The number of likely N-dealkylation sites (tertiary alicyclic amines) is 1. The van der Waals surface area contributed by atoms with Gasteiger partial charge in [-0.1, -0.05) is 47.8 Å². The van der Waals surface area contributed by atoms with Crippen LogP contribution in [0, 0.1) is 18.8 Å². The quantitative estimate of drug-likeness (QED) is 0.625. The third kappa shape index (κ3) is 4.24. The molecule has 0 bridgehead atoms. The summed E-state index contributed by atoms with van der Waals surface area (Å²) in [6.45, 7) is 6.62. The maximum Gasteiger partial charge on any atom is 0.245 e. The van der Waals surface area contributed by atoms with Crippen LogP contribution in [-0.2, 0) is 20.9 Å². The second-order valence-corrected chi connectivity index (χ2v) is 9.70. The molecule has 2 aliphatic heterocycles. The van der Waals surface area contributed by atoms with Crippen molar-refractivity contribution in [1.29, 1.82) is 0 Å². The third-order valence-electron chi connectivity index (χ3n) is 7.44. The molecule has 3 heterocycles. The fraction of sp³-hybridized carbons (Fsp3) is 0.560. The number of nitrogens with zero attached hydrogens (tertiary/aromatic N) is 5. The van der Waals surface area contributed by atoms with Crippen LogP contribution < -0.4 is 0 Å². The molecule has 9 nitrogen and oxygen atoms in total. The summed E-state index contributed by atoms with van der Waals surface area (Å²) in [5, 5.41) is 4.09. The van der Waals surface area contributed by atoms with Crippen molar-refractivity contribution >= 4 is 17.7 Å². The Kier molecular flexibility index (Phi) is 6.20. The van der Waals surface area contributed by atoms with Gasteiger partial charge < -0.3 is 9.42 Å². The van der Waals surface area contributed by atoms with E-state index < -0.39 is 6.04 Å². The number of aromatic nitrogens is 2. The van der Waals surface area contributed by atoms with Gasteiger partial charge >= 0.3 is 0 Å². The molecule has 0 N–H and O–H groups in total. The number of carbonyl (C=O) groups excluding carboxylic acids is 3. The minimum absolute atomic E-state index is 0.153. The molecule has 0 radical (unpaired) electrons. The van der Waals surface area contributed by atoms with Crippen LogP contribution in [0.25, 0.3) is 11.4 Å². The molecule has 3 fully saturated rings. The molecule has 180 valence electrons. The number of benzene rings is 1. The molecule has 2 aromatic rings. The molecule has 3 atom stereocenters. The van der Waals surface area contributed by atoms with Crippen molar-refractivity contribution in [2.24, 2.45) is 11.8 Å². The van der Waals surface area contributed by atoms with Gasteiger partial charge in [0, 0.05) is 31.7 Å². The highest BCUT2D eigenvalue weighted by molar-refractivity contribution is 6.08. The van der Waals surface area contributed by atoms with Crippen LogP contribution in [0.5, 0.6) is 0 Å². The Morgan fingerprint density at radius 3 is 2.26 bits per heavy atom. The zero-order valence-corrected chi connectivity index (χ0v) is 19.8. The molecule has 1 saturated carbocycles. The van der Waals surface area contributed by atoms with E-state index in [-0.39, 0.29) is 29.6 Å². The van der Waals surface area contributed by atoms with Crippen molar-refractivity contribution in [3.05, 3.63) is 35.7 Å². The number of aryl methyl sites for hydroxylation is 1. The lowest BCUT2D eigenvalue weighted by atomic mass is 9.81. The van der Waals surface area contributed by atoms with Crippen molar-refractivity contribution in [1.82, 2.24) is 24.8 Å². The Bertz CT molecular complexity index is 1050. The van der Waals surface area contributed by atoms with Crippen LogP contribution in [0.2, 0.25) is 0 Å². The maximum absolute atomic E-state index is 13.2. The van der Waals surface area contributed by atoms with E-state index >= 15 is 0 Å². The normalized spacial score (nSPS) is 24.4. The molecular formula is C25H31N5O4. The summed E-state index contributed by atoms with van der Waals surface area (Å²) in [6.07, 6.45) is 3.47. The smallest absolute Gasteiger partial charge is 0.245 e. The summed E-state index contributed by atoms with van der Waals surface area (Å²) in [6, 6.07) is 7.23. The Morgan fingerprint density at radius 2 is 1.65 bits per heavy atom. The van der Waals surface area contributed by atoms with Crippen LogP contribution in [0.15, 0.2) is 28.8 Å². The van der Waals surface area contributed by atoms with E-state index in [0.717, 1.165) is 31.2 Å². The van der Waals surface area contributed by atoms with Crippen LogP contribution in [0.3, 0.4) is 0 Å². The topological polar surface area (TPSA) is 99.9 Å². The summed E-state index contributed by atoms with van der Waals surface area (Å²) in [7, 11) is 0. The monoisotopic (exact) mass is 465 g/mol. The first-order chi connectivity index (χ1) is 16.4. The number of fused-ring (bicyclic) bond motifs is 1. The second kappa shape index (κ2) is 9.29. The molecule has 3 aliphatic rings. The average Bonchev–Trinajstić information content (AvgIpc) is 3.42. The minimum Gasteiger partial charge on any atom is -0.338 e. The zero-order chi connectivity index (χ0) is 23.8. The van der Waals surface area contributed by atoms with E-state index in [1.165, 1.54) is 10.5 Å². The maximum atomic E-state index is 13.2. The first-order valence-corrected chi connectivity index (χ1v) is 12.2. The number of hydrogen-bond donors (Lipinski definition) is 0. The molecule has 5 rings (SSSR count). The molecule has 34 heavy (non-hydrogen) atoms. The van der Waals surface area contributed by atoms with Gasteiger partial charge in [0.25, 0.3) is 0 Å². The number of imide groups is 1.